The minimum absolute atomic E-state index is 0.185. The number of hydrogen-bond donors (Lipinski definition) is 0. The van der Waals surface area contributed by atoms with Gasteiger partial charge in [-0.2, -0.15) is 0 Å². The molecule has 0 aliphatic carbocycles. The smallest absolute Gasteiger partial charge is 0.119 e. The third-order valence-corrected chi connectivity index (χ3v) is 5.27. The summed E-state index contributed by atoms with van der Waals surface area (Å²) in [6.07, 6.45) is 4.92. The van der Waals surface area contributed by atoms with Gasteiger partial charge in [-0.3, -0.25) is 4.90 Å². The maximum absolute atomic E-state index is 6.04. The molecule has 26 heavy (non-hydrogen) atoms. The molecule has 1 unspecified atom stereocenters. The highest BCUT2D eigenvalue weighted by Gasteiger charge is 2.27. The van der Waals surface area contributed by atoms with E-state index in [1.807, 2.05) is 0 Å². The second kappa shape index (κ2) is 10.3. The number of ether oxygens (including phenoxy) is 1. The largest absolute Gasteiger partial charge is 0.492 e. The van der Waals surface area contributed by atoms with Crippen molar-refractivity contribution in [2.75, 3.05) is 19.7 Å². The first-order valence-electron chi connectivity index (χ1n) is 10.6. The van der Waals surface area contributed by atoms with Gasteiger partial charge in [0.15, 0.2) is 0 Å². The highest BCUT2D eigenvalue weighted by atomic mass is 16.5. The summed E-state index contributed by atoms with van der Waals surface area (Å²) in [5.74, 6) is 0.986. The Bertz CT molecular complexity index is 498. The van der Waals surface area contributed by atoms with E-state index >= 15 is 0 Å². The minimum atomic E-state index is 0.185. The first-order valence-corrected chi connectivity index (χ1v) is 10.6. The molecular formula is C24H43NO. The second-order valence-electron chi connectivity index (χ2n) is 9.47. The van der Waals surface area contributed by atoms with Gasteiger partial charge in [0.1, 0.15) is 12.4 Å². The van der Waals surface area contributed by atoms with Crippen LogP contribution in [0.15, 0.2) is 24.3 Å². The molecule has 0 saturated carbocycles. The molecule has 2 heteroatoms. The van der Waals surface area contributed by atoms with Gasteiger partial charge in [0.2, 0.25) is 0 Å². The van der Waals surface area contributed by atoms with Crippen LogP contribution in [-0.4, -0.2) is 30.6 Å². The zero-order valence-electron chi connectivity index (χ0n) is 18.7. The zero-order chi connectivity index (χ0) is 19.8. The quantitative estimate of drug-likeness (QED) is 0.436. The zero-order valence-corrected chi connectivity index (χ0v) is 18.7. The fourth-order valence-electron chi connectivity index (χ4n) is 4.29. The number of likely N-dealkylation sites (N-methyl/N-ethyl adjacent to an activating group) is 1. The highest BCUT2D eigenvalue weighted by molar-refractivity contribution is 5.31. The lowest BCUT2D eigenvalue weighted by molar-refractivity contribution is 0.155. The van der Waals surface area contributed by atoms with E-state index < -0.39 is 0 Å². The van der Waals surface area contributed by atoms with E-state index in [0.29, 0.717) is 11.5 Å². The maximum Gasteiger partial charge on any atom is 0.119 e. The summed E-state index contributed by atoms with van der Waals surface area (Å²) in [4.78, 5) is 2.56. The second-order valence-corrected chi connectivity index (χ2v) is 9.47. The number of rotatable bonds is 11. The third kappa shape index (κ3) is 7.70. The van der Waals surface area contributed by atoms with Crippen LogP contribution in [0.2, 0.25) is 0 Å². The lowest BCUT2D eigenvalue weighted by Crippen LogP contribution is -2.37. The molecule has 0 bridgehead atoms. The Kier molecular flexibility index (Phi) is 9.16. The fraction of sp³-hybridized carbons (Fsp3) is 0.750. The molecule has 150 valence electrons. The summed E-state index contributed by atoms with van der Waals surface area (Å²) in [6.45, 7) is 21.3. The van der Waals surface area contributed by atoms with Gasteiger partial charge in [-0.15, -0.1) is 0 Å². The van der Waals surface area contributed by atoms with E-state index in [1.54, 1.807) is 0 Å². The summed E-state index contributed by atoms with van der Waals surface area (Å²) in [5, 5.41) is 0. The van der Waals surface area contributed by atoms with Crippen molar-refractivity contribution in [2.24, 2.45) is 5.41 Å². The van der Waals surface area contributed by atoms with Crippen LogP contribution < -0.4 is 4.74 Å². The Labute approximate surface area is 163 Å². The van der Waals surface area contributed by atoms with Crippen molar-refractivity contribution in [1.29, 1.82) is 0 Å². The van der Waals surface area contributed by atoms with Crippen LogP contribution in [0, 0.1) is 5.41 Å². The minimum Gasteiger partial charge on any atom is -0.492 e. The van der Waals surface area contributed by atoms with E-state index in [2.05, 4.69) is 84.6 Å². The van der Waals surface area contributed by atoms with Crippen molar-refractivity contribution in [3.63, 3.8) is 0 Å². The van der Waals surface area contributed by atoms with Gasteiger partial charge >= 0.3 is 0 Å². The van der Waals surface area contributed by atoms with Crippen molar-refractivity contribution in [1.82, 2.24) is 4.90 Å². The van der Waals surface area contributed by atoms with E-state index in [4.69, 9.17) is 4.74 Å². The standard InChI is InChI=1S/C24H43NO/c1-9-12-21(10-2)25(11-3)17-18-26-22-15-13-20(14-16-22)24(7,8)19-23(4,5)6/h13-16,21H,9-12,17-19H2,1-8H3. The molecule has 0 aromatic heterocycles. The van der Waals surface area contributed by atoms with Crippen LogP contribution >= 0.6 is 0 Å². The van der Waals surface area contributed by atoms with Gasteiger partial charge in [-0.25, -0.2) is 0 Å². The molecule has 0 aliphatic heterocycles. The Morgan fingerprint density at radius 2 is 1.58 bits per heavy atom. The Morgan fingerprint density at radius 3 is 2.04 bits per heavy atom. The van der Waals surface area contributed by atoms with Crippen molar-refractivity contribution in [2.45, 2.75) is 92.5 Å². The van der Waals surface area contributed by atoms with Crippen LogP contribution in [0.5, 0.6) is 5.75 Å². The molecule has 2 nitrogen and oxygen atoms in total. The highest BCUT2D eigenvalue weighted by Crippen LogP contribution is 2.36. The van der Waals surface area contributed by atoms with Crippen LogP contribution in [0.25, 0.3) is 0 Å². The SMILES string of the molecule is CCCC(CC)N(CC)CCOc1ccc(C(C)(C)CC(C)(C)C)cc1. The third-order valence-electron chi connectivity index (χ3n) is 5.27. The molecule has 0 aliphatic rings. The van der Waals surface area contributed by atoms with Gasteiger partial charge < -0.3 is 4.74 Å². The average Bonchev–Trinajstić information content (AvgIpc) is 2.55. The first-order chi connectivity index (χ1) is 12.1. The van der Waals surface area contributed by atoms with Gasteiger partial charge in [0.05, 0.1) is 0 Å². The molecule has 0 N–H and O–H groups in total. The topological polar surface area (TPSA) is 12.5 Å². The summed E-state index contributed by atoms with van der Waals surface area (Å²) < 4.78 is 6.04. The molecule has 1 atom stereocenters. The Morgan fingerprint density at radius 1 is 0.962 bits per heavy atom. The normalized spacial score (nSPS) is 13.9. The van der Waals surface area contributed by atoms with Crippen LogP contribution in [0.3, 0.4) is 0 Å². The van der Waals surface area contributed by atoms with Crippen molar-refractivity contribution in [3.8, 4) is 5.75 Å². The van der Waals surface area contributed by atoms with E-state index in [0.717, 1.165) is 25.4 Å². The molecule has 1 rings (SSSR count). The van der Waals surface area contributed by atoms with E-state index in [-0.39, 0.29) is 5.41 Å². The fourth-order valence-corrected chi connectivity index (χ4v) is 4.29. The first kappa shape index (κ1) is 23.0. The van der Waals surface area contributed by atoms with Gasteiger partial charge in [0.25, 0.3) is 0 Å². The number of hydrogen-bond acceptors (Lipinski definition) is 2. The van der Waals surface area contributed by atoms with Crippen LogP contribution in [0.4, 0.5) is 0 Å². The van der Waals surface area contributed by atoms with Crippen molar-refractivity contribution >= 4 is 0 Å². The summed E-state index contributed by atoms with van der Waals surface area (Å²) in [5.41, 5.74) is 1.91. The molecule has 1 aromatic carbocycles. The molecular weight excluding hydrogens is 318 g/mol. The molecule has 0 saturated heterocycles. The van der Waals surface area contributed by atoms with Gasteiger partial charge in [-0.05, 0) is 54.3 Å². The average molecular weight is 362 g/mol. The summed E-state index contributed by atoms with van der Waals surface area (Å²) >= 11 is 0. The summed E-state index contributed by atoms with van der Waals surface area (Å²) in [6, 6.07) is 9.45. The van der Waals surface area contributed by atoms with E-state index in [1.165, 1.54) is 31.2 Å². The van der Waals surface area contributed by atoms with Crippen molar-refractivity contribution < 1.29 is 4.74 Å². The molecule has 0 amide bonds. The predicted octanol–water partition coefficient (Wildman–Crippen LogP) is 6.68. The lowest BCUT2D eigenvalue weighted by Gasteiger charge is -2.33. The molecule has 0 radical (unpaired) electrons. The van der Waals surface area contributed by atoms with Gasteiger partial charge in [-0.1, -0.05) is 73.9 Å². The number of nitrogens with zero attached hydrogens (tertiary/aromatic N) is 1. The molecule has 0 spiro atoms. The molecule has 0 heterocycles. The lowest BCUT2D eigenvalue weighted by atomic mass is 9.72. The molecule has 1 aromatic rings. The monoisotopic (exact) mass is 361 g/mol. The van der Waals surface area contributed by atoms with Crippen LogP contribution in [-0.2, 0) is 5.41 Å². The van der Waals surface area contributed by atoms with E-state index in [9.17, 15) is 0 Å². The Balaban J connectivity index is 2.59. The Hall–Kier alpha value is -1.02. The van der Waals surface area contributed by atoms with Crippen LogP contribution in [0.1, 0.15) is 86.6 Å². The maximum atomic E-state index is 6.04. The van der Waals surface area contributed by atoms with Crippen molar-refractivity contribution in [3.05, 3.63) is 29.8 Å². The van der Waals surface area contributed by atoms with Gasteiger partial charge in [0, 0.05) is 12.6 Å². The predicted molar refractivity (Wildman–Crippen MR) is 115 cm³/mol. The summed E-state index contributed by atoms with van der Waals surface area (Å²) in [7, 11) is 0. The molecule has 0 fully saturated rings. The number of benzene rings is 1.